The van der Waals surface area contributed by atoms with Gasteiger partial charge in [-0.3, -0.25) is 4.98 Å². The van der Waals surface area contributed by atoms with Crippen molar-refractivity contribution in [2.75, 3.05) is 6.61 Å². The lowest BCUT2D eigenvalue weighted by Crippen LogP contribution is -2.15. The molecule has 0 N–H and O–H groups in total. The zero-order valence-electron chi connectivity index (χ0n) is 21.4. The van der Waals surface area contributed by atoms with Crippen LogP contribution in [0.1, 0.15) is 109 Å². The van der Waals surface area contributed by atoms with Crippen molar-refractivity contribution in [2.45, 2.75) is 110 Å². The molecule has 1 aromatic heterocycles. The predicted octanol–water partition coefficient (Wildman–Crippen LogP) is 9.42. The predicted molar refractivity (Wildman–Crippen MR) is 142 cm³/mol. The van der Waals surface area contributed by atoms with Crippen LogP contribution in [0.25, 0.3) is 11.3 Å². The fourth-order valence-electron chi connectivity index (χ4n) is 5.35. The highest BCUT2D eigenvalue weighted by atomic mass is 16.5. The van der Waals surface area contributed by atoms with Crippen LogP contribution in [0.2, 0.25) is 0 Å². The average molecular weight is 450 g/mol. The minimum absolute atomic E-state index is 0.833. The van der Waals surface area contributed by atoms with Crippen molar-refractivity contribution in [3.05, 3.63) is 48.2 Å². The number of aryl methyl sites for hydroxylation is 1. The second kappa shape index (κ2) is 15.1. The summed E-state index contributed by atoms with van der Waals surface area (Å²) in [5, 5.41) is 0. The van der Waals surface area contributed by atoms with Gasteiger partial charge in [0, 0.05) is 11.8 Å². The third-order valence-corrected chi connectivity index (χ3v) is 7.48. The van der Waals surface area contributed by atoms with Crippen molar-refractivity contribution in [3.63, 3.8) is 0 Å². The van der Waals surface area contributed by atoms with Crippen LogP contribution in [0, 0.1) is 11.8 Å². The fraction of sp³-hybridized carbons (Fsp3) is 0.645. The molecule has 0 amide bonds. The number of benzene rings is 1. The Morgan fingerprint density at radius 3 is 2.09 bits per heavy atom. The molecule has 1 aliphatic rings. The number of hydrogen-bond donors (Lipinski definition) is 0. The van der Waals surface area contributed by atoms with Gasteiger partial charge in [-0.2, -0.15) is 0 Å². The molecule has 2 heteroatoms. The minimum atomic E-state index is 0.833. The number of unbranched alkanes of at least 4 members (excludes halogenated alkanes) is 5. The first-order valence-corrected chi connectivity index (χ1v) is 14.0. The molecule has 0 aliphatic heterocycles. The second-order valence-electron chi connectivity index (χ2n) is 10.3. The summed E-state index contributed by atoms with van der Waals surface area (Å²) in [7, 11) is 0. The van der Waals surface area contributed by atoms with Gasteiger partial charge >= 0.3 is 0 Å². The summed E-state index contributed by atoms with van der Waals surface area (Å²) in [5.74, 6) is 2.91. The van der Waals surface area contributed by atoms with E-state index in [1.54, 1.807) is 0 Å². The molecule has 0 bridgehead atoms. The van der Waals surface area contributed by atoms with Crippen LogP contribution in [0.5, 0.6) is 5.75 Å². The Balaban J connectivity index is 1.32. The molecule has 3 rings (SSSR count). The van der Waals surface area contributed by atoms with E-state index >= 15 is 0 Å². The lowest BCUT2D eigenvalue weighted by Gasteiger charge is -2.28. The van der Waals surface area contributed by atoms with E-state index in [1.807, 2.05) is 0 Å². The first-order valence-electron chi connectivity index (χ1n) is 14.0. The maximum atomic E-state index is 6.03. The van der Waals surface area contributed by atoms with Crippen molar-refractivity contribution >= 4 is 0 Å². The molecular formula is C31H47NO. The highest BCUT2D eigenvalue weighted by Crippen LogP contribution is 2.33. The van der Waals surface area contributed by atoms with E-state index in [2.05, 4.69) is 56.4 Å². The topological polar surface area (TPSA) is 22.1 Å². The maximum absolute atomic E-state index is 6.03. The molecule has 0 atom stereocenters. The molecule has 2 nitrogen and oxygen atoms in total. The first-order chi connectivity index (χ1) is 16.3. The Labute approximate surface area is 203 Å². The zero-order valence-corrected chi connectivity index (χ0v) is 21.4. The molecule has 1 fully saturated rings. The van der Waals surface area contributed by atoms with E-state index in [0.29, 0.717) is 0 Å². The summed E-state index contributed by atoms with van der Waals surface area (Å²) < 4.78 is 6.03. The van der Waals surface area contributed by atoms with E-state index in [1.165, 1.54) is 95.5 Å². The summed E-state index contributed by atoms with van der Waals surface area (Å²) in [6.07, 6.45) is 22.3. The number of rotatable bonds is 15. The molecule has 182 valence electrons. The molecule has 1 saturated carbocycles. The lowest BCUT2D eigenvalue weighted by atomic mass is 9.78. The summed E-state index contributed by atoms with van der Waals surface area (Å²) in [6, 6.07) is 12.9. The Morgan fingerprint density at radius 1 is 0.727 bits per heavy atom. The Kier molecular flexibility index (Phi) is 11.8. The number of ether oxygens (including phenoxy) is 1. The van der Waals surface area contributed by atoms with Gasteiger partial charge in [-0.25, -0.2) is 0 Å². The molecular weight excluding hydrogens is 402 g/mol. The Bertz CT molecular complexity index is 743. The molecule has 33 heavy (non-hydrogen) atoms. The molecule has 0 spiro atoms. The van der Waals surface area contributed by atoms with Crippen LogP contribution in [0.4, 0.5) is 0 Å². The summed E-state index contributed by atoms with van der Waals surface area (Å²) >= 11 is 0. The summed E-state index contributed by atoms with van der Waals surface area (Å²) in [4.78, 5) is 4.71. The Morgan fingerprint density at radius 2 is 1.42 bits per heavy atom. The van der Waals surface area contributed by atoms with Gasteiger partial charge in [0.15, 0.2) is 0 Å². The molecule has 0 saturated heterocycles. The van der Waals surface area contributed by atoms with Gasteiger partial charge in [-0.05, 0) is 73.4 Å². The van der Waals surface area contributed by atoms with E-state index in [9.17, 15) is 0 Å². The van der Waals surface area contributed by atoms with Crippen LogP contribution < -0.4 is 4.74 Å². The lowest BCUT2D eigenvalue weighted by molar-refractivity contribution is 0.230. The van der Waals surface area contributed by atoms with Gasteiger partial charge in [0.2, 0.25) is 0 Å². The third kappa shape index (κ3) is 9.51. The zero-order chi connectivity index (χ0) is 23.1. The van der Waals surface area contributed by atoms with E-state index in [-0.39, 0.29) is 0 Å². The van der Waals surface area contributed by atoms with E-state index in [0.717, 1.165) is 41.9 Å². The van der Waals surface area contributed by atoms with Crippen molar-refractivity contribution < 1.29 is 4.74 Å². The van der Waals surface area contributed by atoms with Crippen LogP contribution >= 0.6 is 0 Å². The van der Waals surface area contributed by atoms with Gasteiger partial charge < -0.3 is 4.74 Å². The van der Waals surface area contributed by atoms with Gasteiger partial charge in [-0.15, -0.1) is 0 Å². The van der Waals surface area contributed by atoms with Crippen molar-refractivity contribution in [1.29, 1.82) is 0 Å². The quantitative estimate of drug-likeness (QED) is 0.253. The van der Waals surface area contributed by atoms with E-state index < -0.39 is 0 Å². The number of aromatic nitrogens is 1. The van der Waals surface area contributed by atoms with Gasteiger partial charge in [0.1, 0.15) is 5.75 Å². The second-order valence-corrected chi connectivity index (χ2v) is 10.3. The van der Waals surface area contributed by atoms with Crippen LogP contribution in [-0.4, -0.2) is 11.6 Å². The van der Waals surface area contributed by atoms with Crippen molar-refractivity contribution in [1.82, 2.24) is 4.98 Å². The molecule has 0 unspecified atom stereocenters. The fourth-order valence-corrected chi connectivity index (χ4v) is 5.35. The largest absolute Gasteiger partial charge is 0.494 e. The monoisotopic (exact) mass is 449 g/mol. The average Bonchev–Trinajstić information content (AvgIpc) is 2.86. The molecule has 0 radical (unpaired) electrons. The van der Waals surface area contributed by atoms with Crippen molar-refractivity contribution in [3.8, 4) is 17.0 Å². The Hall–Kier alpha value is -1.83. The van der Waals surface area contributed by atoms with Gasteiger partial charge in [0.25, 0.3) is 0 Å². The number of pyridine rings is 1. The molecule has 1 heterocycles. The number of nitrogens with zero attached hydrogens (tertiary/aromatic N) is 1. The van der Waals surface area contributed by atoms with E-state index in [4.69, 9.17) is 9.72 Å². The van der Waals surface area contributed by atoms with Gasteiger partial charge in [-0.1, -0.05) is 90.5 Å². The molecule has 2 aromatic rings. The smallest absolute Gasteiger partial charge is 0.119 e. The molecule has 1 aliphatic carbocycles. The maximum Gasteiger partial charge on any atom is 0.119 e. The third-order valence-electron chi connectivity index (χ3n) is 7.48. The first kappa shape index (κ1) is 25.8. The normalized spacial score (nSPS) is 18.4. The standard InChI is InChI=1S/C31H47NO/c1-3-5-6-7-8-9-12-28-18-23-31(32-25-28)29-19-21-30(22-20-29)33-24-10-13-27-16-14-26(11-4-2)15-17-27/h18-23,25-27H,3-17,24H2,1-2H3. The minimum Gasteiger partial charge on any atom is -0.494 e. The molecule has 1 aromatic carbocycles. The number of hydrogen-bond acceptors (Lipinski definition) is 2. The SMILES string of the molecule is CCCCCCCCc1ccc(-c2ccc(OCCCC3CCC(CCC)CC3)cc2)nc1. The van der Waals surface area contributed by atoms with Crippen LogP contribution in [0.3, 0.4) is 0 Å². The van der Waals surface area contributed by atoms with Gasteiger partial charge in [0.05, 0.1) is 12.3 Å². The highest BCUT2D eigenvalue weighted by Gasteiger charge is 2.20. The summed E-state index contributed by atoms with van der Waals surface area (Å²) in [5.41, 5.74) is 3.57. The van der Waals surface area contributed by atoms with Crippen molar-refractivity contribution in [2.24, 2.45) is 11.8 Å². The van der Waals surface area contributed by atoms with Crippen LogP contribution in [0.15, 0.2) is 42.6 Å². The van der Waals surface area contributed by atoms with Crippen LogP contribution in [-0.2, 0) is 6.42 Å². The summed E-state index contributed by atoms with van der Waals surface area (Å²) in [6.45, 7) is 5.42. The highest BCUT2D eigenvalue weighted by molar-refractivity contribution is 5.60.